The van der Waals surface area contributed by atoms with E-state index in [0.717, 1.165) is 0 Å². The van der Waals surface area contributed by atoms with Crippen LogP contribution in [0.5, 0.6) is 6.01 Å². The maximum atomic E-state index is 11.7. The third kappa shape index (κ3) is 3.79. The SMILES string of the molecule is CCOc1nc(=O)c(I)cn1C1O[C@H](CN=[N+]=[N-])[C@@H](O)[C@H](O)[C@H]1O. The van der Waals surface area contributed by atoms with Crippen molar-refractivity contribution in [3.05, 3.63) is 30.6 Å². The number of hydrogen-bond acceptors (Lipinski definition) is 8. The summed E-state index contributed by atoms with van der Waals surface area (Å²) in [5.41, 5.74) is 7.90. The van der Waals surface area contributed by atoms with Crippen LogP contribution < -0.4 is 10.3 Å². The third-order valence-electron chi connectivity index (χ3n) is 3.43. The van der Waals surface area contributed by atoms with Gasteiger partial charge in [-0.25, -0.2) is 0 Å². The van der Waals surface area contributed by atoms with Crippen LogP contribution in [0.15, 0.2) is 16.1 Å². The number of hydrogen-bond donors (Lipinski definition) is 3. The Bertz CT molecular complexity index is 693. The molecule has 3 N–H and O–H groups in total. The minimum atomic E-state index is -1.55. The second kappa shape index (κ2) is 8.09. The van der Waals surface area contributed by atoms with Crippen molar-refractivity contribution in [3.63, 3.8) is 0 Å². The molecule has 5 atom stereocenters. The normalized spacial score (nSPS) is 29.8. The summed E-state index contributed by atoms with van der Waals surface area (Å²) < 4.78 is 12.4. The predicted molar refractivity (Wildman–Crippen MR) is 88.3 cm³/mol. The molecular formula is C12H16IN5O6. The fourth-order valence-electron chi connectivity index (χ4n) is 2.28. The van der Waals surface area contributed by atoms with Crippen LogP contribution in [-0.2, 0) is 4.74 Å². The Morgan fingerprint density at radius 2 is 2.17 bits per heavy atom. The highest BCUT2D eigenvalue weighted by Crippen LogP contribution is 2.31. The Balaban J connectivity index is 2.43. The lowest BCUT2D eigenvalue weighted by molar-refractivity contribution is -0.243. The molecule has 0 aromatic carbocycles. The van der Waals surface area contributed by atoms with Crippen molar-refractivity contribution in [2.24, 2.45) is 5.11 Å². The van der Waals surface area contributed by atoms with Gasteiger partial charge >= 0.3 is 6.01 Å². The van der Waals surface area contributed by atoms with E-state index < -0.39 is 36.2 Å². The first-order valence-corrected chi connectivity index (χ1v) is 8.10. The number of ether oxygens (including phenoxy) is 2. The van der Waals surface area contributed by atoms with E-state index in [1.807, 2.05) is 0 Å². The van der Waals surface area contributed by atoms with Gasteiger partial charge in [0.15, 0.2) is 6.23 Å². The van der Waals surface area contributed by atoms with Gasteiger partial charge in [0.1, 0.15) is 18.3 Å². The number of nitrogens with zero attached hydrogens (tertiary/aromatic N) is 5. The zero-order valence-corrected chi connectivity index (χ0v) is 14.7. The van der Waals surface area contributed by atoms with Crippen LogP contribution in [0.4, 0.5) is 0 Å². The Kier molecular flexibility index (Phi) is 6.37. The van der Waals surface area contributed by atoms with Crippen LogP contribution in [0.3, 0.4) is 0 Å². The monoisotopic (exact) mass is 453 g/mol. The minimum Gasteiger partial charge on any atom is -0.465 e. The third-order valence-corrected chi connectivity index (χ3v) is 4.17. The van der Waals surface area contributed by atoms with Gasteiger partial charge in [-0.3, -0.25) is 9.36 Å². The molecule has 0 spiro atoms. The predicted octanol–water partition coefficient (Wildman–Crippen LogP) is -0.463. The van der Waals surface area contributed by atoms with Crippen molar-refractivity contribution in [2.75, 3.05) is 13.2 Å². The highest BCUT2D eigenvalue weighted by Gasteiger charge is 2.44. The zero-order valence-electron chi connectivity index (χ0n) is 12.6. The minimum absolute atomic E-state index is 0.0990. The summed E-state index contributed by atoms with van der Waals surface area (Å²) in [6.07, 6.45) is -5.37. The van der Waals surface area contributed by atoms with E-state index in [1.54, 1.807) is 29.5 Å². The molecule has 1 aromatic rings. The molecule has 24 heavy (non-hydrogen) atoms. The van der Waals surface area contributed by atoms with Gasteiger partial charge in [-0.05, 0) is 35.0 Å². The Labute approximate surface area is 149 Å². The number of aliphatic hydroxyl groups is 3. The van der Waals surface area contributed by atoms with Crippen LogP contribution in [0.1, 0.15) is 13.2 Å². The highest BCUT2D eigenvalue weighted by molar-refractivity contribution is 14.1. The van der Waals surface area contributed by atoms with E-state index in [2.05, 4.69) is 15.0 Å². The maximum Gasteiger partial charge on any atom is 0.301 e. The Morgan fingerprint density at radius 1 is 1.46 bits per heavy atom. The molecule has 0 radical (unpaired) electrons. The van der Waals surface area contributed by atoms with Gasteiger partial charge in [-0.1, -0.05) is 5.11 Å². The molecule has 11 nitrogen and oxygen atoms in total. The fourth-order valence-corrected chi connectivity index (χ4v) is 2.70. The average molecular weight is 453 g/mol. The fraction of sp³-hybridized carbons (Fsp3) is 0.667. The standard InChI is InChI=1S/C12H16IN5O6/c1-2-23-12-16-10(22)5(13)4-18(12)11-9(21)8(20)7(19)6(24-11)3-15-17-14/h4,6-9,11,19-21H,2-3H2,1H3/t6-,7-,8+,9-,11?/m1/s1. The number of rotatable bonds is 5. The van der Waals surface area contributed by atoms with E-state index in [1.165, 1.54) is 10.8 Å². The topological polar surface area (TPSA) is 163 Å². The first-order chi connectivity index (χ1) is 11.4. The van der Waals surface area contributed by atoms with Crippen molar-refractivity contribution in [2.45, 2.75) is 37.6 Å². The molecule has 12 heteroatoms. The average Bonchev–Trinajstić information content (AvgIpc) is 2.56. The van der Waals surface area contributed by atoms with Gasteiger partial charge in [0.25, 0.3) is 5.56 Å². The van der Waals surface area contributed by atoms with Crippen LogP contribution in [0.2, 0.25) is 0 Å². The molecule has 132 valence electrons. The molecule has 0 aliphatic carbocycles. The van der Waals surface area contributed by atoms with Crippen LogP contribution in [-0.4, -0.2) is 62.4 Å². The summed E-state index contributed by atoms with van der Waals surface area (Å²) in [7, 11) is 0. The van der Waals surface area contributed by atoms with Crippen LogP contribution in [0.25, 0.3) is 10.4 Å². The Hall–Kier alpha value is -1.44. The number of azide groups is 1. The quantitative estimate of drug-likeness (QED) is 0.235. The van der Waals surface area contributed by atoms with Gasteiger partial charge in [-0.15, -0.1) is 0 Å². The molecule has 1 aliphatic rings. The number of aromatic nitrogens is 2. The van der Waals surface area contributed by atoms with Crippen molar-refractivity contribution < 1.29 is 24.8 Å². The first kappa shape index (κ1) is 18.9. The van der Waals surface area contributed by atoms with Crippen molar-refractivity contribution in [3.8, 4) is 6.01 Å². The summed E-state index contributed by atoms with van der Waals surface area (Å²) in [6, 6.07) is -0.0990. The largest absolute Gasteiger partial charge is 0.465 e. The van der Waals surface area contributed by atoms with Gasteiger partial charge < -0.3 is 24.8 Å². The van der Waals surface area contributed by atoms with E-state index in [4.69, 9.17) is 15.0 Å². The summed E-state index contributed by atoms with van der Waals surface area (Å²) in [6.45, 7) is 1.66. The molecule has 0 amide bonds. The van der Waals surface area contributed by atoms with Gasteiger partial charge in [0, 0.05) is 11.1 Å². The molecule has 2 heterocycles. The van der Waals surface area contributed by atoms with Gasteiger partial charge in [0.05, 0.1) is 22.8 Å². The summed E-state index contributed by atoms with van der Waals surface area (Å²) >= 11 is 1.77. The Morgan fingerprint density at radius 3 is 2.79 bits per heavy atom. The lowest BCUT2D eigenvalue weighted by Gasteiger charge is -2.41. The van der Waals surface area contributed by atoms with Crippen LogP contribution in [0, 0.1) is 3.57 Å². The second-order valence-electron chi connectivity index (χ2n) is 4.97. The molecule has 1 aliphatic heterocycles. The zero-order chi connectivity index (χ0) is 17.9. The highest BCUT2D eigenvalue weighted by atomic mass is 127. The molecule has 0 saturated carbocycles. The summed E-state index contributed by atoms with van der Waals surface area (Å²) in [4.78, 5) is 18.0. The van der Waals surface area contributed by atoms with Crippen LogP contribution >= 0.6 is 22.6 Å². The van der Waals surface area contributed by atoms with E-state index in [0.29, 0.717) is 0 Å². The van der Waals surface area contributed by atoms with E-state index in [-0.39, 0.29) is 22.7 Å². The van der Waals surface area contributed by atoms with Crippen molar-refractivity contribution >= 4 is 22.6 Å². The van der Waals surface area contributed by atoms with Gasteiger partial charge in [-0.2, -0.15) is 4.98 Å². The van der Waals surface area contributed by atoms with E-state index in [9.17, 15) is 20.1 Å². The molecule has 0 bridgehead atoms. The molecular weight excluding hydrogens is 437 g/mol. The van der Waals surface area contributed by atoms with Crippen molar-refractivity contribution in [1.82, 2.24) is 9.55 Å². The molecule has 2 rings (SSSR count). The van der Waals surface area contributed by atoms with Gasteiger partial charge in [0.2, 0.25) is 0 Å². The summed E-state index contributed by atoms with van der Waals surface area (Å²) in [5.74, 6) is 0. The number of halogens is 1. The molecule has 1 saturated heterocycles. The maximum absolute atomic E-state index is 11.7. The van der Waals surface area contributed by atoms with E-state index >= 15 is 0 Å². The summed E-state index contributed by atoms with van der Waals surface area (Å²) in [5, 5.41) is 33.5. The molecule has 1 aromatic heterocycles. The second-order valence-corrected chi connectivity index (χ2v) is 6.13. The number of aliphatic hydroxyl groups excluding tert-OH is 3. The smallest absolute Gasteiger partial charge is 0.301 e. The molecule has 1 fully saturated rings. The lowest BCUT2D eigenvalue weighted by Crippen LogP contribution is -2.56. The van der Waals surface area contributed by atoms with Crippen molar-refractivity contribution in [1.29, 1.82) is 0 Å². The first-order valence-electron chi connectivity index (χ1n) is 7.02. The molecule has 1 unspecified atom stereocenters. The lowest BCUT2D eigenvalue weighted by atomic mass is 9.98.